The number of nitrogens with zero attached hydrogens (tertiary/aromatic N) is 3. The normalized spacial score (nSPS) is 21.2. The summed E-state index contributed by atoms with van der Waals surface area (Å²) in [6, 6.07) is 5.11. The van der Waals surface area contributed by atoms with Gasteiger partial charge in [0.15, 0.2) is 5.96 Å². The summed E-state index contributed by atoms with van der Waals surface area (Å²) in [5, 5.41) is 6.81. The molecule has 1 aliphatic heterocycles. The third-order valence-corrected chi connectivity index (χ3v) is 5.39. The molecule has 1 aromatic rings. The van der Waals surface area contributed by atoms with Gasteiger partial charge in [0.25, 0.3) is 0 Å². The topological polar surface area (TPSA) is 42.9 Å². The van der Waals surface area contributed by atoms with Crippen molar-refractivity contribution in [2.45, 2.75) is 44.3 Å². The second-order valence-corrected chi connectivity index (χ2v) is 7.37. The number of nitrogens with one attached hydrogen (secondary N) is 2. The second-order valence-electron chi connectivity index (χ2n) is 7.37. The zero-order valence-corrected chi connectivity index (χ0v) is 18.5. The quantitative estimate of drug-likeness (QED) is 0.364. The molecule has 27 heavy (non-hydrogen) atoms. The van der Waals surface area contributed by atoms with Crippen LogP contribution in [0.2, 0.25) is 0 Å². The Hall–Kier alpha value is -1.16. The third kappa shape index (κ3) is 5.91. The van der Waals surface area contributed by atoms with Gasteiger partial charge in [0.05, 0.1) is 5.69 Å². The summed E-state index contributed by atoms with van der Waals surface area (Å²) in [6.07, 6.45) is 3.48. The zero-order chi connectivity index (χ0) is 18.7. The van der Waals surface area contributed by atoms with Crippen LogP contribution in [0.5, 0.6) is 0 Å². The number of anilines is 1. The molecule has 5 nitrogen and oxygen atoms in total. The van der Waals surface area contributed by atoms with Crippen molar-refractivity contribution in [3.63, 3.8) is 0 Å². The van der Waals surface area contributed by atoms with Crippen LogP contribution in [-0.2, 0) is 0 Å². The molecule has 0 radical (unpaired) electrons. The van der Waals surface area contributed by atoms with Gasteiger partial charge in [-0.25, -0.2) is 8.78 Å². The Morgan fingerprint density at radius 3 is 2.70 bits per heavy atom. The molecule has 8 heteroatoms. The van der Waals surface area contributed by atoms with Crippen molar-refractivity contribution in [3.8, 4) is 0 Å². The van der Waals surface area contributed by atoms with Gasteiger partial charge in [-0.15, -0.1) is 24.0 Å². The monoisotopic (exact) mass is 493 g/mol. The van der Waals surface area contributed by atoms with E-state index in [4.69, 9.17) is 0 Å². The molecule has 0 amide bonds. The lowest BCUT2D eigenvalue weighted by Crippen LogP contribution is -2.48. The Labute approximate surface area is 177 Å². The number of likely N-dealkylation sites (N-methyl/N-ethyl adjacent to an activating group) is 1. The Balaban J connectivity index is 0.00000261. The fraction of sp³-hybridized carbons (Fsp3) is 0.632. The van der Waals surface area contributed by atoms with E-state index < -0.39 is 11.6 Å². The van der Waals surface area contributed by atoms with Crippen LogP contribution >= 0.6 is 24.0 Å². The predicted molar refractivity (Wildman–Crippen MR) is 117 cm³/mol. The lowest BCUT2D eigenvalue weighted by Gasteiger charge is -2.26. The van der Waals surface area contributed by atoms with Gasteiger partial charge in [0, 0.05) is 50.9 Å². The fourth-order valence-electron chi connectivity index (χ4n) is 3.45. The van der Waals surface area contributed by atoms with Crippen LogP contribution < -0.4 is 15.5 Å². The third-order valence-electron chi connectivity index (χ3n) is 5.39. The molecule has 1 aliphatic carbocycles. The predicted octanol–water partition coefficient (Wildman–Crippen LogP) is 2.81. The molecule has 2 fully saturated rings. The number of benzene rings is 1. The van der Waals surface area contributed by atoms with Crippen molar-refractivity contribution >= 4 is 35.6 Å². The molecule has 152 valence electrons. The van der Waals surface area contributed by atoms with Crippen LogP contribution in [0.1, 0.15) is 26.2 Å². The van der Waals surface area contributed by atoms with Crippen LogP contribution in [0, 0.1) is 11.6 Å². The maximum atomic E-state index is 14.0. The first-order valence-electron chi connectivity index (χ1n) is 9.37. The number of rotatable bonds is 6. The van der Waals surface area contributed by atoms with Gasteiger partial charge in [-0.05, 0) is 45.4 Å². The first-order valence-corrected chi connectivity index (χ1v) is 9.37. The summed E-state index contributed by atoms with van der Waals surface area (Å²) >= 11 is 0. The van der Waals surface area contributed by atoms with E-state index in [1.807, 2.05) is 4.90 Å². The Bertz CT molecular complexity index is 653. The van der Waals surface area contributed by atoms with E-state index in [9.17, 15) is 8.78 Å². The average molecular weight is 493 g/mol. The number of hydrogen-bond donors (Lipinski definition) is 2. The summed E-state index contributed by atoms with van der Waals surface area (Å²) in [5.74, 6) is -0.285. The van der Waals surface area contributed by atoms with Crippen molar-refractivity contribution in [3.05, 3.63) is 29.8 Å². The van der Waals surface area contributed by atoms with Crippen LogP contribution in [0.3, 0.4) is 0 Å². The van der Waals surface area contributed by atoms with E-state index in [2.05, 4.69) is 34.5 Å². The van der Waals surface area contributed by atoms with Crippen molar-refractivity contribution in [2.75, 3.05) is 38.6 Å². The highest BCUT2D eigenvalue weighted by atomic mass is 127. The number of halogens is 3. The van der Waals surface area contributed by atoms with Gasteiger partial charge in [-0.3, -0.25) is 9.89 Å². The molecular formula is C19H30F2IN5. The highest BCUT2D eigenvalue weighted by Gasteiger charge is 2.29. The minimum atomic E-state index is -0.546. The van der Waals surface area contributed by atoms with E-state index >= 15 is 0 Å². The summed E-state index contributed by atoms with van der Waals surface area (Å²) < 4.78 is 27.1. The molecule has 0 spiro atoms. The van der Waals surface area contributed by atoms with E-state index in [0.29, 0.717) is 18.3 Å². The molecule has 2 atom stereocenters. The van der Waals surface area contributed by atoms with E-state index in [1.165, 1.54) is 25.0 Å². The molecule has 2 N–H and O–H groups in total. The highest BCUT2D eigenvalue weighted by molar-refractivity contribution is 14.0. The lowest BCUT2D eigenvalue weighted by atomic mass is 10.2. The molecule has 1 heterocycles. The summed E-state index contributed by atoms with van der Waals surface area (Å²) in [6.45, 7) is 4.45. The minimum absolute atomic E-state index is 0. The van der Waals surface area contributed by atoms with Gasteiger partial charge < -0.3 is 15.5 Å². The van der Waals surface area contributed by atoms with Gasteiger partial charge in [0.1, 0.15) is 11.6 Å². The van der Waals surface area contributed by atoms with Crippen molar-refractivity contribution < 1.29 is 8.78 Å². The van der Waals surface area contributed by atoms with Crippen molar-refractivity contribution in [1.82, 2.24) is 15.5 Å². The fourth-order valence-corrected chi connectivity index (χ4v) is 3.45. The molecular weight excluding hydrogens is 463 g/mol. The minimum Gasteiger partial charge on any atom is -0.367 e. The summed E-state index contributed by atoms with van der Waals surface area (Å²) in [5.41, 5.74) is 0.457. The first-order chi connectivity index (χ1) is 12.5. The van der Waals surface area contributed by atoms with Crippen LogP contribution in [-0.4, -0.2) is 62.7 Å². The van der Waals surface area contributed by atoms with Crippen molar-refractivity contribution in [1.29, 1.82) is 0 Å². The standard InChI is InChI=1S/C19H29F2N5.HI/c1-13(25(3)16-5-6-16)11-23-19(22-2)24-15-8-9-26(12-15)18-7-4-14(20)10-17(18)21;/h4,7,10,13,15-16H,5-6,8-9,11-12H2,1-3H3,(H2,22,23,24);1H. The first kappa shape index (κ1) is 22.1. The van der Waals surface area contributed by atoms with Crippen LogP contribution in [0.4, 0.5) is 14.5 Å². The van der Waals surface area contributed by atoms with Crippen molar-refractivity contribution in [2.24, 2.45) is 4.99 Å². The smallest absolute Gasteiger partial charge is 0.191 e. The van der Waals surface area contributed by atoms with E-state index in [0.717, 1.165) is 37.6 Å². The molecule has 3 rings (SSSR count). The average Bonchev–Trinajstić information content (AvgIpc) is 3.37. The van der Waals surface area contributed by atoms with Gasteiger partial charge in [-0.2, -0.15) is 0 Å². The molecule has 0 bridgehead atoms. The molecule has 1 aromatic carbocycles. The lowest BCUT2D eigenvalue weighted by molar-refractivity contribution is 0.247. The summed E-state index contributed by atoms with van der Waals surface area (Å²) in [4.78, 5) is 8.66. The van der Waals surface area contributed by atoms with Crippen LogP contribution in [0.25, 0.3) is 0 Å². The molecule has 1 saturated carbocycles. The Morgan fingerprint density at radius 2 is 2.07 bits per heavy atom. The number of hydrogen-bond acceptors (Lipinski definition) is 3. The molecule has 0 aromatic heterocycles. The summed E-state index contributed by atoms with van der Waals surface area (Å²) in [7, 11) is 3.93. The number of guanidine groups is 1. The van der Waals surface area contributed by atoms with Gasteiger partial charge in [0.2, 0.25) is 0 Å². The molecule has 2 unspecified atom stereocenters. The largest absolute Gasteiger partial charge is 0.367 e. The molecule has 1 saturated heterocycles. The van der Waals surface area contributed by atoms with E-state index in [-0.39, 0.29) is 30.0 Å². The van der Waals surface area contributed by atoms with Crippen LogP contribution in [0.15, 0.2) is 23.2 Å². The SMILES string of the molecule is CN=C(NCC(C)N(C)C1CC1)NC1CCN(c2ccc(F)cc2F)C1.I. The Morgan fingerprint density at radius 1 is 1.33 bits per heavy atom. The van der Waals surface area contributed by atoms with Gasteiger partial charge in [-0.1, -0.05) is 0 Å². The highest BCUT2D eigenvalue weighted by Crippen LogP contribution is 2.27. The maximum Gasteiger partial charge on any atom is 0.191 e. The van der Waals surface area contributed by atoms with Gasteiger partial charge >= 0.3 is 0 Å². The number of aliphatic imine (C=N–C) groups is 1. The Kier molecular flexibility index (Phi) is 8.08. The second kappa shape index (κ2) is 9.86. The van der Waals surface area contributed by atoms with E-state index in [1.54, 1.807) is 7.05 Å². The zero-order valence-electron chi connectivity index (χ0n) is 16.2. The maximum absolute atomic E-state index is 14.0. The molecule has 2 aliphatic rings.